The lowest BCUT2D eigenvalue weighted by Crippen LogP contribution is -2.31. The average molecular weight is 291 g/mol. The van der Waals surface area contributed by atoms with Gasteiger partial charge in [-0.05, 0) is 36.8 Å². The van der Waals surface area contributed by atoms with E-state index in [-0.39, 0.29) is 13.2 Å². The van der Waals surface area contributed by atoms with Crippen LogP contribution in [-0.2, 0) is 13.2 Å². The fraction of sp³-hybridized carbons (Fsp3) is 0.375. The molecular weight excluding hydrogens is 270 g/mol. The van der Waals surface area contributed by atoms with Crippen LogP contribution in [0.2, 0.25) is 0 Å². The zero-order valence-electron chi connectivity index (χ0n) is 12.1. The molecule has 0 bridgehead atoms. The predicted molar refractivity (Wildman–Crippen MR) is 79.0 cm³/mol. The highest BCUT2D eigenvalue weighted by Crippen LogP contribution is 2.12. The second kappa shape index (κ2) is 7.83. The van der Waals surface area contributed by atoms with Gasteiger partial charge in [-0.3, -0.25) is 0 Å². The van der Waals surface area contributed by atoms with Crippen molar-refractivity contribution in [3.05, 3.63) is 53.5 Å². The summed E-state index contributed by atoms with van der Waals surface area (Å²) in [5.74, 6) is 2.02. The number of ether oxygens (including phenoxy) is 1. The topological polar surface area (TPSA) is 74.9 Å². The summed E-state index contributed by atoms with van der Waals surface area (Å²) in [4.78, 5) is 0. The van der Waals surface area contributed by atoms with Crippen molar-refractivity contribution in [2.75, 3.05) is 13.2 Å². The smallest absolute Gasteiger partial charge is 0.129 e. The van der Waals surface area contributed by atoms with E-state index in [4.69, 9.17) is 14.3 Å². The molecule has 5 heteroatoms. The van der Waals surface area contributed by atoms with Crippen molar-refractivity contribution in [1.82, 2.24) is 5.32 Å². The molecule has 2 aromatic rings. The van der Waals surface area contributed by atoms with Crippen molar-refractivity contribution in [2.24, 2.45) is 0 Å². The summed E-state index contributed by atoms with van der Waals surface area (Å²) >= 11 is 0. The lowest BCUT2D eigenvalue weighted by Gasteiger charge is -2.13. The molecule has 0 aliphatic carbocycles. The number of nitrogens with one attached hydrogen (secondary N) is 1. The predicted octanol–water partition coefficient (Wildman–Crippen LogP) is 1.61. The van der Waals surface area contributed by atoms with Crippen LogP contribution in [0.25, 0.3) is 0 Å². The molecule has 0 fully saturated rings. The van der Waals surface area contributed by atoms with Crippen molar-refractivity contribution in [2.45, 2.75) is 26.2 Å². The van der Waals surface area contributed by atoms with E-state index in [0.29, 0.717) is 18.8 Å². The third-order valence-electron chi connectivity index (χ3n) is 2.98. The molecule has 3 N–H and O–H groups in total. The van der Waals surface area contributed by atoms with Crippen LogP contribution < -0.4 is 10.1 Å². The fourth-order valence-electron chi connectivity index (χ4n) is 1.92. The van der Waals surface area contributed by atoms with Gasteiger partial charge in [-0.1, -0.05) is 12.1 Å². The molecule has 0 radical (unpaired) electrons. The van der Waals surface area contributed by atoms with Crippen molar-refractivity contribution >= 4 is 0 Å². The molecule has 2 rings (SSSR count). The minimum atomic E-state index is -0.599. The van der Waals surface area contributed by atoms with Crippen molar-refractivity contribution in [3.8, 4) is 5.75 Å². The Bertz CT molecular complexity index is 553. The van der Waals surface area contributed by atoms with Crippen LogP contribution in [0.3, 0.4) is 0 Å². The van der Waals surface area contributed by atoms with E-state index < -0.39 is 6.10 Å². The highest BCUT2D eigenvalue weighted by molar-refractivity contribution is 5.27. The van der Waals surface area contributed by atoms with Gasteiger partial charge in [-0.15, -0.1) is 0 Å². The maximum Gasteiger partial charge on any atom is 0.129 e. The van der Waals surface area contributed by atoms with E-state index in [1.54, 1.807) is 12.1 Å². The number of benzene rings is 1. The molecule has 1 atom stereocenters. The first-order chi connectivity index (χ1) is 10.2. The molecule has 0 aliphatic heterocycles. The summed E-state index contributed by atoms with van der Waals surface area (Å²) < 4.78 is 10.9. The summed E-state index contributed by atoms with van der Waals surface area (Å²) in [6.45, 7) is 3.03. The Morgan fingerprint density at radius 2 is 2.05 bits per heavy atom. The van der Waals surface area contributed by atoms with E-state index in [0.717, 1.165) is 17.1 Å². The number of hydrogen-bond donors (Lipinski definition) is 3. The Morgan fingerprint density at radius 1 is 1.24 bits per heavy atom. The standard InChI is InChI=1S/C16H21NO4/c1-12-3-2-4-14(7-12)20-11-13(19)8-17-9-15-5-6-16(10-18)21-15/h2-7,13,17-19H,8-11H2,1H3. The fourth-order valence-corrected chi connectivity index (χ4v) is 1.92. The third kappa shape index (κ3) is 5.23. The molecular formula is C16H21NO4. The van der Waals surface area contributed by atoms with Gasteiger partial charge in [0.1, 0.15) is 36.6 Å². The third-order valence-corrected chi connectivity index (χ3v) is 2.98. The quantitative estimate of drug-likeness (QED) is 0.689. The van der Waals surface area contributed by atoms with Crippen molar-refractivity contribution < 1.29 is 19.4 Å². The summed E-state index contributed by atoms with van der Waals surface area (Å²) in [5.41, 5.74) is 1.12. The first-order valence-electron chi connectivity index (χ1n) is 6.94. The van der Waals surface area contributed by atoms with Crippen LogP contribution in [0.4, 0.5) is 0 Å². The van der Waals surface area contributed by atoms with E-state index in [2.05, 4.69) is 5.32 Å². The molecule has 0 amide bonds. The van der Waals surface area contributed by atoms with Crippen LogP contribution in [-0.4, -0.2) is 29.5 Å². The van der Waals surface area contributed by atoms with E-state index >= 15 is 0 Å². The number of furan rings is 1. The average Bonchev–Trinajstić information content (AvgIpc) is 2.93. The molecule has 1 aromatic carbocycles. The Morgan fingerprint density at radius 3 is 2.76 bits per heavy atom. The maximum atomic E-state index is 9.85. The second-order valence-corrected chi connectivity index (χ2v) is 4.94. The van der Waals surface area contributed by atoms with Crippen molar-refractivity contribution in [3.63, 3.8) is 0 Å². The summed E-state index contributed by atoms with van der Waals surface area (Å²) in [6, 6.07) is 11.2. The molecule has 0 spiro atoms. The molecule has 1 unspecified atom stereocenters. The SMILES string of the molecule is Cc1cccc(OCC(O)CNCc2ccc(CO)o2)c1. The largest absolute Gasteiger partial charge is 0.491 e. The van der Waals surface area contributed by atoms with Gasteiger partial charge >= 0.3 is 0 Å². The van der Waals surface area contributed by atoms with Gasteiger partial charge in [0, 0.05) is 6.54 Å². The Labute approximate surface area is 124 Å². The zero-order chi connectivity index (χ0) is 15.1. The van der Waals surface area contributed by atoms with Gasteiger partial charge in [0.25, 0.3) is 0 Å². The number of aryl methyl sites for hydroxylation is 1. The van der Waals surface area contributed by atoms with Gasteiger partial charge < -0.3 is 24.7 Å². The first-order valence-corrected chi connectivity index (χ1v) is 6.94. The van der Waals surface area contributed by atoms with Crippen molar-refractivity contribution in [1.29, 1.82) is 0 Å². The van der Waals surface area contributed by atoms with Crippen LogP contribution >= 0.6 is 0 Å². The lowest BCUT2D eigenvalue weighted by atomic mass is 10.2. The maximum absolute atomic E-state index is 9.85. The normalized spacial score (nSPS) is 12.3. The van der Waals surface area contributed by atoms with Gasteiger partial charge in [0.2, 0.25) is 0 Å². The monoisotopic (exact) mass is 291 g/mol. The lowest BCUT2D eigenvalue weighted by molar-refractivity contribution is 0.105. The van der Waals surface area contributed by atoms with E-state index in [1.165, 1.54) is 0 Å². The van der Waals surface area contributed by atoms with Crippen LogP contribution in [0.1, 0.15) is 17.1 Å². The molecule has 0 aliphatic rings. The van der Waals surface area contributed by atoms with E-state index in [1.807, 2.05) is 31.2 Å². The molecule has 1 aromatic heterocycles. The first kappa shape index (κ1) is 15.6. The minimum Gasteiger partial charge on any atom is -0.491 e. The molecule has 114 valence electrons. The van der Waals surface area contributed by atoms with Crippen LogP contribution in [0, 0.1) is 6.92 Å². The Kier molecular flexibility index (Phi) is 5.80. The highest BCUT2D eigenvalue weighted by Gasteiger charge is 2.06. The highest BCUT2D eigenvalue weighted by atomic mass is 16.5. The number of rotatable bonds is 8. The minimum absolute atomic E-state index is 0.104. The molecule has 0 saturated heterocycles. The molecule has 21 heavy (non-hydrogen) atoms. The van der Waals surface area contributed by atoms with Crippen LogP contribution in [0.5, 0.6) is 5.75 Å². The molecule has 5 nitrogen and oxygen atoms in total. The summed E-state index contributed by atoms with van der Waals surface area (Å²) in [5, 5.41) is 21.8. The number of aliphatic hydroxyl groups excluding tert-OH is 2. The second-order valence-electron chi connectivity index (χ2n) is 4.94. The Hall–Kier alpha value is -1.82. The summed E-state index contributed by atoms with van der Waals surface area (Å²) in [7, 11) is 0. The summed E-state index contributed by atoms with van der Waals surface area (Å²) in [6.07, 6.45) is -0.599. The Balaban J connectivity index is 1.66. The molecule has 1 heterocycles. The molecule has 0 saturated carbocycles. The zero-order valence-corrected chi connectivity index (χ0v) is 12.1. The van der Waals surface area contributed by atoms with E-state index in [9.17, 15) is 5.11 Å². The van der Waals surface area contributed by atoms with Gasteiger partial charge in [0.05, 0.1) is 6.54 Å². The van der Waals surface area contributed by atoms with Gasteiger partial charge in [-0.2, -0.15) is 0 Å². The van der Waals surface area contributed by atoms with Crippen LogP contribution in [0.15, 0.2) is 40.8 Å². The number of hydrogen-bond acceptors (Lipinski definition) is 5. The van der Waals surface area contributed by atoms with Gasteiger partial charge in [-0.25, -0.2) is 0 Å². The van der Waals surface area contributed by atoms with Gasteiger partial charge in [0.15, 0.2) is 0 Å². The number of aliphatic hydroxyl groups is 2.